The molecule has 1 aromatic rings. The van der Waals surface area contributed by atoms with Crippen LogP contribution >= 0.6 is 0 Å². The molecule has 1 aromatic heterocycles. The lowest BCUT2D eigenvalue weighted by Crippen LogP contribution is -2.32. The van der Waals surface area contributed by atoms with E-state index in [0.29, 0.717) is 13.1 Å². The van der Waals surface area contributed by atoms with Crippen molar-refractivity contribution in [2.75, 3.05) is 18.0 Å². The number of hydrogen-bond acceptors (Lipinski definition) is 3. The molecule has 1 N–H and O–H groups in total. The Bertz CT molecular complexity index is 437. The van der Waals surface area contributed by atoms with Crippen molar-refractivity contribution >= 4 is 11.8 Å². The second-order valence-electron chi connectivity index (χ2n) is 4.02. The van der Waals surface area contributed by atoms with Crippen LogP contribution in [0.3, 0.4) is 0 Å². The van der Waals surface area contributed by atoms with Gasteiger partial charge in [0, 0.05) is 12.7 Å². The van der Waals surface area contributed by atoms with Crippen LogP contribution in [0.1, 0.15) is 12.5 Å². The molecule has 0 aliphatic heterocycles. The number of nitrogens with zero attached hydrogens (tertiary/aromatic N) is 2. The number of hydrogen-bond donors (Lipinski definition) is 1. The highest BCUT2D eigenvalue weighted by atomic mass is 16.4. The molecular weight excluding hydrogens is 216 g/mol. The van der Waals surface area contributed by atoms with Crippen LogP contribution in [-0.4, -0.2) is 29.1 Å². The zero-order chi connectivity index (χ0) is 12.8. The Balaban J connectivity index is 2.86. The predicted octanol–water partition coefficient (Wildman–Crippen LogP) is 1.55. The summed E-state index contributed by atoms with van der Waals surface area (Å²) in [6.07, 6.45) is 6.98. The van der Waals surface area contributed by atoms with Gasteiger partial charge in [-0.15, -0.1) is 6.42 Å². The van der Waals surface area contributed by atoms with E-state index in [1.165, 1.54) is 0 Å². The quantitative estimate of drug-likeness (QED) is 0.783. The first-order valence-corrected chi connectivity index (χ1v) is 5.38. The summed E-state index contributed by atoms with van der Waals surface area (Å²) in [6.45, 7) is 4.32. The lowest BCUT2D eigenvalue weighted by Gasteiger charge is -2.23. The van der Waals surface area contributed by atoms with E-state index in [1.807, 2.05) is 19.1 Å². The Morgan fingerprint density at radius 2 is 2.41 bits per heavy atom. The predicted molar refractivity (Wildman–Crippen MR) is 66.8 cm³/mol. The van der Waals surface area contributed by atoms with Gasteiger partial charge in [0.1, 0.15) is 5.82 Å². The summed E-state index contributed by atoms with van der Waals surface area (Å²) in [7, 11) is 0. The molecule has 0 aromatic carbocycles. The van der Waals surface area contributed by atoms with Crippen molar-refractivity contribution in [3.8, 4) is 12.3 Å². The van der Waals surface area contributed by atoms with Crippen molar-refractivity contribution in [3.63, 3.8) is 0 Å². The summed E-state index contributed by atoms with van der Waals surface area (Å²) in [5, 5.41) is 8.90. The number of aliphatic carboxylic acids is 1. The van der Waals surface area contributed by atoms with Crippen molar-refractivity contribution in [2.24, 2.45) is 5.92 Å². The maximum absolute atomic E-state index is 10.8. The molecule has 0 saturated heterocycles. The van der Waals surface area contributed by atoms with Crippen molar-refractivity contribution < 1.29 is 9.90 Å². The molecule has 90 valence electrons. The number of terminal acetylenes is 1. The number of carboxylic acid groups (broad SMARTS) is 1. The third kappa shape index (κ3) is 3.80. The third-order valence-corrected chi connectivity index (χ3v) is 2.42. The molecule has 0 saturated carbocycles. The van der Waals surface area contributed by atoms with Gasteiger partial charge in [-0.1, -0.05) is 12.8 Å². The van der Waals surface area contributed by atoms with Crippen LogP contribution in [-0.2, 0) is 4.79 Å². The molecule has 1 unspecified atom stereocenters. The van der Waals surface area contributed by atoms with Gasteiger partial charge < -0.3 is 10.0 Å². The average molecular weight is 232 g/mol. The Labute approximate surface area is 101 Å². The molecular formula is C13H16N2O2. The molecule has 0 aliphatic rings. The summed E-state index contributed by atoms with van der Waals surface area (Å²) in [5.41, 5.74) is 1.07. The van der Waals surface area contributed by atoms with Crippen molar-refractivity contribution in [1.82, 2.24) is 4.98 Å². The van der Waals surface area contributed by atoms with Crippen LogP contribution in [0.25, 0.3) is 0 Å². The van der Waals surface area contributed by atoms with Crippen LogP contribution in [0.15, 0.2) is 18.3 Å². The number of anilines is 1. The van der Waals surface area contributed by atoms with Crippen molar-refractivity contribution in [3.05, 3.63) is 23.9 Å². The number of carbonyl (C=O) groups is 1. The molecule has 4 heteroatoms. The Hall–Kier alpha value is -2.02. The fourth-order valence-electron chi connectivity index (χ4n) is 1.45. The number of carboxylic acids is 1. The highest BCUT2D eigenvalue weighted by Crippen LogP contribution is 2.13. The average Bonchev–Trinajstić information content (AvgIpc) is 2.28. The number of pyridine rings is 1. The normalized spacial score (nSPS) is 11.6. The van der Waals surface area contributed by atoms with E-state index in [2.05, 4.69) is 10.9 Å². The summed E-state index contributed by atoms with van der Waals surface area (Å²) in [6, 6.07) is 3.78. The highest BCUT2D eigenvalue weighted by molar-refractivity contribution is 5.70. The minimum atomic E-state index is -0.834. The van der Waals surface area contributed by atoms with Gasteiger partial charge in [-0.25, -0.2) is 4.98 Å². The molecule has 4 nitrogen and oxygen atoms in total. The van der Waals surface area contributed by atoms with Gasteiger partial charge in [0.05, 0.1) is 12.5 Å². The molecule has 0 radical (unpaired) electrons. The number of aryl methyl sites for hydroxylation is 1. The second-order valence-corrected chi connectivity index (χ2v) is 4.02. The van der Waals surface area contributed by atoms with Gasteiger partial charge in [0.25, 0.3) is 0 Å². The van der Waals surface area contributed by atoms with Gasteiger partial charge in [-0.2, -0.15) is 0 Å². The SMILES string of the molecule is C#CCN(CC(C)C(=O)O)c1cc(C)ccn1. The standard InChI is InChI=1S/C13H16N2O2/c1-4-7-15(9-11(3)13(16)17)12-8-10(2)5-6-14-12/h1,5-6,8,11H,7,9H2,2-3H3,(H,16,17). The molecule has 17 heavy (non-hydrogen) atoms. The topological polar surface area (TPSA) is 53.4 Å². The molecule has 0 fully saturated rings. The largest absolute Gasteiger partial charge is 0.481 e. The highest BCUT2D eigenvalue weighted by Gasteiger charge is 2.16. The van der Waals surface area contributed by atoms with E-state index >= 15 is 0 Å². The molecule has 0 aliphatic carbocycles. The lowest BCUT2D eigenvalue weighted by atomic mass is 10.1. The smallest absolute Gasteiger partial charge is 0.308 e. The van der Waals surface area contributed by atoms with E-state index in [4.69, 9.17) is 11.5 Å². The van der Waals surface area contributed by atoms with Gasteiger partial charge in [0.2, 0.25) is 0 Å². The molecule has 1 rings (SSSR count). The molecule has 0 spiro atoms. The molecule has 0 amide bonds. The van der Waals surface area contributed by atoms with E-state index in [0.717, 1.165) is 11.4 Å². The van der Waals surface area contributed by atoms with Crippen LogP contribution in [0.2, 0.25) is 0 Å². The minimum Gasteiger partial charge on any atom is -0.481 e. The van der Waals surface area contributed by atoms with E-state index in [9.17, 15) is 4.79 Å². The van der Waals surface area contributed by atoms with E-state index in [-0.39, 0.29) is 0 Å². The number of aromatic nitrogens is 1. The summed E-state index contributed by atoms with van der Waals surface area (Å²) >= 11 is 0. The lowest BCUT2D eigenvalue weighted by molar-refractivity contribution is -0.140. The number of rotatable bonds is 5. The van der Waals surface area contributed by atoms with Gasteiger partial charge in [-0.3, -0.25) is 4.79 Å². The van der Waals surface area contributed by atoms with Gasteiger partial charge >= 0.3 is 5.97 Å². The fraction of sp³-hybridized carbons (Fsp3) is 0.385. The summed E-state index contributed by atoms with van der Waals surface area (Å²) < 4.78 is 0. The van der Waals surface area contributed by atoms with Crippen LogP contribution < -0.4 is 4.90 Å². The Kier molecular flexibility index (Phi) is 4.53. The first-order valence-electron chi connectivity index (χ1n) is 5.38. The van der Waals surface area contributed by atoms with Crippen LogP contribution in [0, 0.1) is 25.2 Å². The zero-order valence-electron chi connectivity index (χ0n) is 10.1. The maximum Gasteiger partial charge on any atom is 0.308 e. The Morgan fingerprint density at radius 3 is 2.94 bits per heavy atom. The Morgan fingerprint density at radius 1 is 1.71 bits per heavy atom. The minimum absolute atomic E-state index is 0.355. The molecule has 0 bridgehead atoms. The van der Waals surface area contributed by atoms with Gasteiger partial charge in [-0.05, 0) is 24.6 Å². The maximum atomic E-state index is 10.8. The summed E-state index contributed by atoms with van der Waals surface area (Å²) in [5.74, 6) is 1.93. The van der Waals surface area contributed by atoms with E-state index in [1.54, 1.807) is 18.0 Å². The summed E-state index contributed by atoms with van der Waals surface area (Å²) in [4.78, 5) is 16.8. The molecule has 1 atom stereocenters. The van der Waals surface area contributed by atoms with E-state index < -0.39 is 11.9 Å². The van der Waals surface area contributed by atoms with Gasteiger partial charge in [0.15, 0.2) is 0 Å². The second kappa shape index (κ2) is 5.90. The zero-order valence-corrected chi connectivity index (χ0v) is 10.1. The van der Waals surface area contributed by atoms with Crippen LogP contribution in [0.5, 0.6) is 0 Å². The van der Waals surface area contributed by atoms with Crippen LogP contribution in [0.4, 0.5) is 5.82 Å². The first-order chi connectivity index (χ1) is 8.04. The first kappa shape index (κ1) is 13.0. The van der Waals surface area contributed by atoms with Crippen molar-refractivity contribution in [1.29, 1.82) is 0 Å². The third-order valence-electron chi connectivity index (χ3n) is 2.42. The fourth-order valence-corrected chi connectivity index (χ4v) is 1.45. The van der Waals surface area contributed by atoms with Crippen molar-refractivity contribution in [2.45, 2.75) is 13.8 Å². The molecule has 1 heterocycles. The monoisotopic (exact) mass is 232 g/mol.